The van der Waals surface area contributed by atoms with Crippen LogP contribution in [0.3, 0.4) is 0 Å². The van der Waals surface area contributed by atoms with E-state index in [2.05, 4.69) is 70.0 Å². The minimum atomic E-state index is -4.48. The van der Waals surface area contributed by atoms with Gasteiger partial charge in [-0.3, -0.25) is 4.18 Å². The summed E-state index contributed by atoms with van der Waals surface area (Å²) >= 11 is 0. The number of carbonyl (C=O) groups is 1. The van der Waals surface area contributed by atoms with Gasteiger partial charge in [0.1, 0.15) is 48.8 Å². The fourth-order valence-corrected chi connectivity index (χ4v) is 12.6. The summed E-state index contributed by atoms with van der Waals surface area (Å²) in [5.41, 5.74) is 8.45. The van der Waals surface area contributed by atoms with Crippen molar-refractivity contribution in [2.24, 2.45) is 0 Å². The van der Waals surface area contributed by atoms with E-state index in [-0.39, 0.29) is 72.1 Å². The zero-order chi connectivity index (χ0) is 70.1. The van der Waals surface area contributed by atoms with Crippen molar-refractivity contribution in [1.82, 2.24) is 0 Å². The monoisotopic (exact) mass is 1420 g/mol. The summed E-state index contributed by atoms with van der Waals surface area (Å²) in [5.74, 6) is -0.903. The molecule has 4 heterocycles. The number of aliphatic carboxylic acids is 1. The van der Waals surface area contributed by atoms with E-state index < -0.39 is 104 Å². The standard InChI is InChI=1S/2C24H30O6.C18H36O2.C12H26O4S.2Na/c2*1-3-15-5-9-17(10-6-15)23-27-14-20-22(30-23)21(19(26)13-25)29-24(28-20)18-11-7-16(4-2)8-12-18;1-2-3-4-5-6-7-8-9-10-11-12-13-14-15-16-17-18(19)20;1-2-3-4-5-6-7-8-9-10-11-12-16-17(13,14)15;;/h2*5-12,19-26H,3-4,13-14H2,1-2H3;2-17H2,1H3,(H,19,20);2-12H2,1H3,(H,13,14,15);;/q;;;;2*+1/p-2/t2*19-,20+,21-,22-,23?,24?;;;;/m11..../s1. The number of aliphatic hydroxyl groups excluding tert-OH is 4. The van der Waals surface area contributed by atoms with Gasteiger partial charge >= 0.3 is 59.1 Å². The molecular weight excluding hydrogens is 1300 g/mol. The van der Waals surface area contributed by atoms with Gasteiger partial charge in [0.2, 0.25) is 10.4 Å². The molecule has 0 radical (unpaired) electrons. The Kier molecular flexibility index (Phi) is 49.1. The number of carbonyl (C=O) groups excluding carboxylic acids is 1. The molecule has 4 aromatic carbocycles. The van der Waals surface area contributed by atoms with Gasteiger partial charge in [-0.25, -0.2) is 8.42 Å². The number of ether oxygens (including phenoxy) is 8. The zero-order valence-electron chi connectivity index (χ0n) is 61.3. The predicted molar refractivity (Wildman–Crippen MR) is 374 cm³/mol. The van der Waals surface area contributed by atoms with Crippen LogP contribution in [-0.2, 0) is 83.0 Å². The first-order valence-corrected chi connectivity index (χ1v) is 38.3. The van der Waals surface area contributed by atoms with Crippen LogP contribution in [0, 0.1) is 0 Å². The number of rotatable bonds is 40. The third-order valence-electron chi connectivity index (χ3n) is 18.4. The normalized spacial score (nSPS) is 22.4. The molecule has 4 aromatic rings. The molecule has 18 nitrogen and oxygen atoms in total. The maximum absolute atomic E-state index is 10.4. The second-order valence-electron chi connectivity index (χ2n) is 26.1. The van der Waals surface area contributed by atoms with E-state index in [4.69, 9.17) is 37.9 Å². The topological polar surface area (TPSA) is 261 Å². The van der Waals surface area contributed by atoms with Crippen molar-refractivity contribution in [3.05, 3.63) is 142 Å². The number of aliphatic hydroxyl groups is 4. The number of hydrogen-bond acceptors (Lipinski definition) is 18. The molecule has 99 heavy (non-hydrogen) atoms. The number of fused-ring (bicyclic) bond motifs is 2. The molecule has 4 saturated heterocycles. The summed E-state index contributed by atoms with van der Waals surface area (Å²) in [6, 6.07) is 32.2. The first-order chi connectivity index (χ1) is 47.1. The van der Waals surface area contributed by atoms with Crippen LogP contribution in [0.25, 0.3) is 0 Å². The molecule has 0 aliphatic carbocycles. The van der Waals surface area contributed by atoms with Crippen LogP contribution < -0.4 is 64.2 Å². The first kappa shape index (κ1) is 91.0. The minimum absolute atomic E-state index is 0. The molecule has 4 fully saturated rings. The van der Waals surface area contributed by atoms with Crippen molar-refractivity contribution in [3.63, 3.8) is 0 Å². The summed E-state index contributed by atoms with van der Waals surface area (Å²) in [6.45, 7) is 12.7. The summed E-state index contributed by atoms with van der Waals surface area (Å²) in [4.78, 5) is 10.2. The molecule has 0 saturated carbocycles. The Labute approximate surface area is 638 Å². The molecule has 0 amide bonds. The summed E-state index contributed by atoms with van der Waals surface area (Å²) in [7, 11) is -4.48. The molecule has 0 bridgehead atoms. The predicted octanol–water partition coefficient (Wildman–Crippen LogP) is 8.51. The maximum atomic E-state index is 10.4. The number of carboxylic acid groups (broad SMARTS) is 1. The second-order valence-corrected chi connectivity index (χ2v) is 27.2. The Morgan fingerprint density at radius 3 is 0.960 bits per heavy atom. The van der Waals surface area contributed by atoms with Gasteiger partial charge in [-0.15, -0.1) is 0 Å². The smallest absolute Gasteiger partial charge is 0.726 e. The zero-order valence-corrected chi connectivity index (χ0v) is 66.1. The van der Waals surface area contributed by atoms with Crippen LogP contribution in [0.2, 0.25) is 0 Å². The molecule has 21 heteroatoms. The average Bonchev–Trinajstić information content (AvgIpc) is 0.786. The Balaban J connectivity index is 0.000000352. The van der Waals surface area contributed by atoms with Gasteiger partial charge in [0.15, 0.2) is 25.2 Å². The molecule has 4 aliphatic heterocycles. The van der Waals surface area contributed by atoms with Crippen LogP contribution >= 0.6 is 0 Å². The summed E-state index contributed by atoms with van der Waals surface area (Å²) in [6.07, 6.45) is 27.4. The SMILES string of the molecule is CCCCCCCCCCCCCCCCCC(=O)[O-].CCCCCCCCCCCCOS(=O)(=O)[O-].CCc1ccc(C2OC[C@@H]3OC(c4ccc(CC)cc4)O[C@H]([C@H](O)CO)[C@@H]3O2)cc1.CCc1ccc(C2OC[C@@H]3OC(c4ccc(CC)cc4)O[C@H]([C@H](O)CO)[C@@H]3O2)cc1.[Na+].[Na+]. The number of benzene rings is 4. The van der Waals surface area contributed by atoms with E-state index >= 15 is 0 Å². The van der Waals surface area contributed by atoms with Gasteiger partial charge in [0, 0.05) is 28.2 Å². The Hall–Kier alpha value is -2.26. The Bertz CT molecular complexity index is 2620. The van der Waals surface area contributed by atoms with Gasteiger partial charge in [-0.05, 0) is 67.2 Å². The van der Waals surface area contributed by atoms with Crippen molar-refractivity contribution in [1.29, 1.82) is 0 Å². The second kappa shape index (κ2) is 53.5. The van der Waals surface area contributed by atoms with Crippen molar-refractivity contribution in [3.8, 4) is 0 Å². The fraction of sp³-hybridized carbons (Fsp3) is 0.679. The van der Waals surface area contributed by atoms with Crippen LogP contribution in [0.5, 0.6) is 0 Å². The van der Waals surface area contributed by atoms with E-state index in [0.717, 1.165) is 73.6 Å². The first-order valence-electron chi connectivity index (χ1n) is 37.0. The largest absolute Gasteiger partial charge is 1.00 e. The van der Waals surface area contributed by atoms with Gasteiger partial charge < -0.3 is 72.8 Å². The van der Waals surface area contributed by atoms with Crippen molar-refractivity contribution in [2.45, 2.75) is 308 Å². The third-order valence-corrected chi connectivity index (χ3v) is 18.9. The summed E-state index contributed by atoms with van der Waals surface area (Å²) < 4.78 is 83.1. The Morgan fingerprint density at radius 2 is 0.697 bits per heavy atom. The minimum Gasteiger partial charge on any atom is -0.726 e. The number of carboxylic acids is 1. The van der Waals surface area contributed by atoms with E-state index in [9.17, 15) is 43.3 Å². The summed E-state index contributed by atoms with van der Waals surface area (Å²) in [5, 5.41) is 50.3. The van der Waals surface area contributed by atoms with Gasteiger partial charge in [-0.2, -0.15) is 0 Å². The van der Waals surface area contributed by atoms with Gasteiger partial charge in [-0.1, -0.05) is 286 Å². The third kappa shape index (κ3) is 35.1. The Morgan fingerprint density at radius 1 is 0.424 bits per heavy atom. The molecule has 4 aliphatic rings. The number of hydrogen-bond donors (Lipinski definition) is 4. The van der Waals surface area contributed by atoms with Crippen molar-refractivity contribution < 1.29 is 144 Å². The molecular formula is C78H120Na2O18S. The molecule has 0 spiro atoms. The van der Waals surface area contributed by atoms with E-state index in [1.54, 1.807) is 0 Å². The van der Waals surface area contributed by atoms with Crippen LogP contribution in [-0.4, -0.2) is 121 Å². The maximum Gasteiger partial charge on any atom is 1.00 e. The van der Waals surface area contributed by atoms with Crippen LogP contribution in [0.4, 0.5) is 0 Å². The van der Waals surface area contributed by atoms with Crippen LogP contribution in [0.15, 0.2) is 97.1 Å². The van der Waals surface area contributed by atoms with Crippen molar-refractivity contribution in [2.75, 3.05) is 33.0 Å². The fourth-order valence-electron chi connectivity index (χ4n) is 12.3. The van der Waals surface area contributed by atoms with Crippen molar-refractivity contribution >= 4 is 16.4 Å². The average molecular weight is 1420 g/mol. The van der Waals surface area contributed by atoms with Gasteiger partial charge in [0.05, 0.1) is 33.0 Å². The quantitative estimate of drug-likeness (QED) is 0.0141. The van der Waals surface area contributed by atoms with E-state index in [1.807, 2.05) is 72.8 Å². The molecule has 548 valence electrons. The van der Waals surface area contributed by atoms with E-state index in [0.29, 0.717) is 19.6 Å². The van der Waals surface area contributed by atoms with E-state index in [1.165, 1.54) is 151 Å². The number of unbranched alkanes of at least 4 members (excludes halogenated alkanes) is 23. The molecule has 8 rings (SSSR count). The molecule has 4 N–H and O–H groups in total. The van der Waals surface area contributed by atoms with Gasteiger partial charge in [0.25, 0.3) is 0 Å². The molecule has 12 atom stereocenters. The number of aryl methyl sites for hydroxylation is 4. The molecule has 4 unspecified atom stereocenters. The molecule has 0 aromatic heterocycles. The van der Waals surface area contributed by atoms with Crippen LogP contribution in [0.1, 0.15) is 278 Å².